The molecule has 2 rings (SSSR count). The molecule has 0 spiro atoms. The van der Waals surface area contributed by atoms with E-state index in [2.05, 4.69) is 27.4 Å². The molecular weight excluding hydrogens is 288 g/mol. The third-order valence-electron chi connectivity index (χ3n) is 3.82. The minimum Gasteiger partial charge on any atom is -0.373 e. The van der Waals surface area contributed by atoms with Gasteiger partial charge in [-0.2, -0.15) is 0 Å². The maximum Gasteiger partial charge on any atom is 0.253 e. The lowest BCUT2D eigenvalue weighted by molar-refractivity contribution is 0.0911. The maximum atomic E-state index is 12.3. The normalized spacial score (nSPS) is 16.7. The van der Waals surface area contributed by atoms with Gasteiger partial charge in [0.2, 0.25) is 0 Å². The van der Waals surface area contributed by atoms with Crippen LogP contribution in [0.15, 0.2) is 12.3 Å². The summed E-state index contributed by atoms with van der Waals surface area (Å²) in [5.74, 6) is 0.523. The van der Waals surface area contributed by atoms with Crippen molar-refractivity contribution in [1.29, 1.82) is 0 Å². The van der Waals surface area contributed by atoms with Crippen LogP contribution in [0.4, 0.5) is 5.82 Å². The lowest BCUT2D eigenvalue weighted by Crippen LogP contribution is -2.44. The molecular formula is C15H23ClN4O. The van der Waals surface area contributed by atoms with Crippen molar-refractivity contribution < 1.29 is 4.79 Å². The van der Waals surface area contributed by atoms with E-state index in [1.54, 1.807) is 13.1 Å². The Balaban J connectivity index is 1.93. The lowest BCUT2D eigenvalue weighted by atomic mass is 10.0. The van der Waals surface area contributed by atoms with Gasteiger partial charge in [-0.3, -0.25) is 4.79 Å². The number of nitrogens with one attached hydrogen (secondary N) is 2. The van der Waals surface area contributed by atoms with E-state index in [9.17, 15) is 4.79 Å². The smallest absolute Gasteiger partial charge is 0.253 e. The molecule has 1 aliphatic rings. The molecule has 0 unspecified atom stereocenters. The highest BCUT2D eigenvalue weighted by molar-refractivity contribution is 6.33. The second kappa shape index (κ2) is 7.61. The van der Waals surface area contributed by atoms with Crippen molar-refractivity contribution in [1.82, 2.24) is 15.2 Å². The Morgan fingerprint density at radius 2 is 2.19 bits per heavy atom. The van der Waals surface area contributed by atoms with Gasteiger partial charge in [0.25, 0.3) is 5.91 Å². The summed E-state index contributed by atoms with van der Waals surface area (Å²) in [6.45, 7) is 5.43. The molecule has 1 saturated heterocycles. The summed E-state index contributed by atoms with van der Waals surface area (Å²) >= 11 is 6.07. The van der Waals surface area contributed by atoms with Crippen LogP contribution in [0.5, 0.6) is 0 Å². The number of piperidine rings is 1. The summed E-state index contributed by atoms with van der Waals surface area (Å²) in [6, 6.07) is 1.91. The lowest BCUT2D eigenvalue weighted by Gasteiger charge is -2.32. The zero-order valence-corrected chi connectivity index (χ0v) is 13.4. The first-order valence-electron chi connectivity index (χ1n) is 7.50. The minimum absolute atomic E-state index is 0.118. The van der Waals surface area contributed by atoms with E-state index in [0.29, 0.717) is 16.4 Å². The number of likely N-dealkylation sites (tertiary alicyclic amines) is 1. The van der Waals surface area contributed by atoms with Crippen LogP contribution in [0, 0.1) is 0 Å². The summed E-state index contributed by atoms with van der Waals surface area (Å²) in [5.41, 5.74) is 0.479. The number of aromatic nitrogens is 1. The van der Waals surface area contributed by atoms with E-state index in [-0.39, 0.29) is 11.9 Å². The molecule has 5 nitrogen and oxygen atoms in total. The zero-order valence-electron chi connectivity index (χ0n) is 12.7. The van der Waals surface area contributed by atoms with Gasteiger partial charge >= 0.3 is 0 Å². The highest BCUT2D eigenvalue weighted by Crippen LogP contribution is 2.19. The first-order valence-corrected chi connectivity index (χ1v) is 7.88. The number of anilines is 1. The van der Waals surface area contributed by atoms with Gasteiger partial charge in [-0.25, -0.2) is 4.98 Å². The van der Waals surface area contributed by atoms with Crippen LogP contribution < -0.4 is 10.6 Å². The number of amides is 1. The Hall–Kier alpha value is -1.33. The molecule has 21 heavy (non-hydrogen) atoms. The van der Waals surface area contributed by atoms with Crippen molar-refractivity contribution in [3.8, 4) is 0 Å². The van der Waals surface area contributed by atoms with E-state index < -0.39 is 0 Å². The summed E-state index contributed by atoms with van der Waals surface area (Å²) in [5, 5.41) is 6.39. The number of rotatable bonds is 5. The van der Waals surface area contributed by atoms with Crippen LogP contribution in [0.3, 0.4) is 0 Å². The van der Waals surface area contributed by atoms with Crippen LogP contribution in [0.2, 0.25) is 5.02 Å². The average molecular weight is 311 g/mol. The molecule has 116 valence electrons. The molecule has 1 aromatic rings. The van der Waals surface area contributed by atoms with Crippen LogP contribution in [0.25, 0.3) is 0 Å². The fourth-order valence-electron chi connectivity index (χ4n) is 2.63. The first-order chi connectivity index (χ1) is 10.1. The van der Waals surface area contributed by atoms with Crippen LogP contribution in [0.1, 0.15) is 36.5 Å². The molecule has 1 fully saturated rings. The van der Waals surface area contributed by atoms with E-state index in [4.69, 9.17) is 11.6 Å². The highest BCUT2D eigenvalue weighted by Gasteiger charge is 2.21. The fourth-order valence-corrected chi connectivity index (χ4v) is 2.82. The van der Waals surface area contributed by atoms with Crippen molar-refractivity contribution in [2.24, 2.45) is 0 Å². The predicted molar refractivity (Wildman–Crippen MR) is 86.0 cm³/mol. The molecule has 0 atom stereocenters. The fraction of sp³-hybridized carbons (Fsp3) is 0.600. The molecule has 0 saturated carbocycles. The van der Waals surface area contributed by atoms with Crippen molar-refractivity contribution >= 4 is 23.3 Å². The molecule has 2 heterocycles. The monoisotopic (exact) mass is 310 g/mol. The average Bonchev–Trinajstić information content (AvgIpc) is 2.50. The van der Waals surface area contributed by atoms with Gasteiger partial charge < -0.3 is 15.5 Å². The van der Waals surface area contributed by atoms with Crippen molar-refractivity contribution in [3.05, 3.63) is 22.8 Å². The predicted octanol–water partition coefficient (Wildman–Crippen LogP) is 2.38. The van der Waals surface area contributed by atoms with E-state index in [1.807, 2.05) is 0 Å². The van der Waals surface area contributed by atoms with E-state index >= 15 is 0 Å². The molecule has 1 aromatic heterocycles. The standard InChI is InChI=1S/C15H23ClN4O/c1-3-6-20-7-4-11(5-8-20)19-15(21)12-9-14(17-2)18-10-13(12)16/h9-11H,3-8H2,1-2H3,(H,17,18)(H,19,21). The topological polar surface area (TPSA) is 57.3 Å². The minimum atomic E-state index is -0.118. The first kappa shape index (κ1) is 16.0. The molecule has 6 heteroatoms. The largest absolute Gasteiger partial charge is 0.373 e. The summed E-state index contributed by atoms with van der Waals surface area (Å²) in [4.78, 5) is 18.9. The molecule has 0 radical (unpaired) electrons. The zero-order chi connectivity index (χ0) is 15.2. The molecule has 2 N–H and O–H groups in total. The molecule has 0 bridgehead atoms. The van der Waals surface area contributed by atoms with Crippen LogP contribution in [-0.4, -0.2) is 48.5 Å². The number of hydrogen-bond acceptors (Lipinski definition) is 4. The number of pyridine rings is 1. The Kier molecular flexibility index (Phi) is 5.82. The number of nitrogens with zero attached hydrogens (tertiary/aromatic N) is 2. The van der Waals surface area contributed by atoms with E-state index in [1.165, 1.54) is 12.6 Å². The van der Waals surface area contributed by atoms with Crippen molar-refractivity contribution in [2.45, 2.75) is 32.2 Å². The molecule has 1 aliphatic heterocycles. The van der Waals surface area contributed by atoms with E-state index in [0.717, 1.165) is 32.5 Å². The van der Waals surface area contributed by atoms with Crippen LogP contribution in [-0.2, 0) is 0 Å². The van der Waals surface area contributed by atoms with Gasteiger partial charge in [-0.05, 0) is 31.9 Å². The summed E-state index contributed by atoms with van der Waals surface area (Å²) in [6.07, 6.45) is 4.67. The van der Waals surface area contributed by atoms with Gasteiger partial charge in [-0.1, -0.05) is 18.5 Å². The SMILES string of the molecule is CCCN1CCC(NC(=O)c2cc(NC)ncc2Cl)CC1. The number of carbonyl (C=O) groups is 1. The van der Waals surface area contributed by atoms with Gasteiger partial charge in [0.1, 0.15) is 5.82 Å². The molecule has 0 aliphatic carbocycles. The van der Waals surface area contributed by atoms with Gasteiger partial charge in [0.05, 0.1) is 10.6 Å². The van der Waals surface area contributed by atoms with Gasteiger partial charge in [-0.15, -0.1) is 0 Å². The third-order valence-corrected chi connectivity index (χ3v) is 4.12. The second-order valence-corrected chi connectivity index (χ2v) is 5.80. The van der Waals surface area contributed by atoms with Gasteiger partial charge in [0, 0.05) is 32.4 Å². The molecule has 1 amide bonds. The number of hydrogen-bond donors (Lipinski definition) is 2. The molecule has 0 aromatic carbocycles. The quantitative estimate of drug-likeness (QED) is 0.877. The third kappa shape index (κ3) is 4.32. The Bertz CT molecular complexity index is 487. The van der Waals surface area contributed by atoms with Crippen molar-refractivity contribution in [2.75, 3.05) is 32.0 Å². The summed E-state index contributed by atoms with van der Waals surface area (Å²) in [7, 11) is 1.77. The summed E-state index contributed by atoms with van der Waals surface area (Å²) < 4.78 is 0. The van der Waals surface area contributed by atoms with Crippen LogP contribution >= 0.6 is 11.6 Å². The Morgan fingerprint density at radius 3 is 2.81 bits per heavy atom. The maximum absolute atomic E-state index is 12.3. The Labute approximate surface area is 131 Å². The number of carbonyl (C=O) groups excluding carboxylic acids is 1. The van der Waals surface area contributed by atoms with Gasteiger partial charge in [0.15, 0.2) is 0 Å². The van der Waals surface area contributed by atoms with Crippen molar-refractivity contribution in [3.63, 3.8) is 0 Å². The highest BCUT2D eigenvalue weighted by atomic mass is 35.5. The Morgan fingerprint density at radius 1 is 1.48 bits per heavy atom. The second-order valence-electron chi connectivity index (χ2n) is 5.39. The number of halogens is 1.